The SMILES string of the molecule is Cc1ccc([C@@H](C)NC(=O)CCCN(c2cc(C)cc(C)c2)S(C)(=O)=O)cc1. The summed E-state index contributed by atoms with van der Waals surface area (Å²) < 4.78 is 25.9. The highest BCUT2D eigenvalue weighted by Crippen LogP contribution is 2.22. The number of benzene rings is 2. The summed E-state index contributed by atoms with van der Waals surface area (Å²) in [7, 11) is -3.42. The van der Waals surface area contributed by atoms with Gasteiger partial charge in [0.2, 0.25) is 15.9 Å². The first-order chi connectivity index (χ1) is 13.1. The molecule has 0 unspecified atom stereocenters. The molecular weight excluding hydrogens is 372 g/mol. The van der Waals surface area contributed by atoms with Crippen molar-refractivity contribution in [1.82, 2.24) is 5.32 Å². The zero-order chi connectivity index (χ0) is 20.9. The van der Waals surface area contributed by atoms with Crippen LogP contribution in [0.2, 0.25) is 0 Å². The molecular formula is C22H30N2O3S. The Labute approximate surface area is 168 Å². The number of hydrogen-bond donors (Lipinski definition) is 1. The number of amides is 1. The quantitative estimate of drug-likeness (QED) is 0.725. The Hall–Kier alpha value is -2.34. The molecule has 2 aromatic rings. The van der Waals surface area contributed by atoms with Gasteiger partial charge in [-0.25, -0.2) is 8.42 Å². The highest BCUT2D eigenvalue weighted by atomic mass is 32.2. The molecule has 0 aromatic heterocycles. The van der Waals surface area contributed by atoms with Gasteiger partial charge in [0.15, 0.2) is 0 Å². The molecule has 1 amide bonds. The van der Waals surface area contributed by atoms with Crippen molar-refractivity contribution >= 4 is 21.6 Å². The fourth-order valence-electron chi connectivity index (χ4n) is 3.22. The Morgan fingerprint density at radius 2 is 1.57 bits per heavy atom. The first-order valence-corrected chi connectivity index (χ1v) is 11.3. The average Bonchev–Trinajstić information content (AvgIpc) is 2.57. The van der Waals surface area contributed by atoms with E-state index in [1.54, 1.807) is 0 Å². The van der Waals surface area contributed by atoms with Crippen molar-refractivity contribution in [3.63, 3.8) is 0 Å². The summed E-state index contributed by atoms with van der Waals surface area (Å²) >= 11 is 0. The number of nitrogens with zero attached hydrogens (tertiary/aromatic N) is 1. The average molecular weight is 403 g/mol. The van der Waals surface area contributed by atoms with E-state index in [2.05, 4.69) is 5.32 Å². The summed E-state index contributed by atoms with van der Waals surface area (Å²) in [5, 5.41) is 2.98. The van der Waals surface area contributed by atoms with E-state index in [-0.39, 0.29) is 24.9 Å². The van der Waals surface area contributed by atoms with Crippen LogP contribution in [0.15, 0.2) is 42.5 Å². The lowest BCUT2D eigenvalue weighted by molar-refractivity contribution is -0.121. The fourth-order valence-corrected chi connectivity index (χ4v) is 4.17. The van der Waals surface area contributed by atoms with E-state index in [0.717, 1.165) is 16.7 Å². The number of sulfonamides is 1. The van der Waals surface area contributed by atoms with Crippen LogP contribution in [0.25, 0.3) is 0 Å². The molecule has 0 saturated carbocycles. The highest BCUT2D eigenvalue weighted by molar-refractivity contribution is 7.92. The van der Waals surface area contributed by atoms with Gasteiger partial charge in [-0.1, -0.05) is 35.9 Å². The number of carbonyl (C=O) groups excluding carboxylic acids is 1. The van der Waals surface area contributed by atoms with E-state index in [1.165, 1.54) is 16.1 Å². The molecule has 28 heavy (non-hydrogen) atoms. The second-order valence-corrected chi connectivity index (χ2v) is 9.39. The van der Waals surface area contributed by atoms with Crippen LogP contribution in [0.4, 0.5) is 5.69 Å². The van der Waals surface area contributed by atoms with Gasteiger partial charge in [0.25, 0.3) is 0 Å². The molecule has 5 nitrogen and oxygen atoms in total. The molecule has 0 aliphatic rings. The maximum atomic E-state index is 12.3. The summed E-state index contributed by atoms with van der Waals surface area (Å²) in [5.74, 6) is -0.0815. The minimum atomic E-state index is -3.42. The molecule has 0 fully saturated rings. The fraction of sp³-hybridized carbons (Fsp3) is 0.409. The first kappa shape index (κ1) is 22.0. The lowest BCUT2D eigenvalue weighted by Crippen LogP contribution is -2.32. The lowest BCUT2D eigenvalue weighted by Gasteiger charge is -2.23. The molecule has 0 heterocycles. The molecule has 0 bridgehead atoms. The second kappa shape index (κ2) is 9.24. The van der Waals surface area contributed by atoms with Gasteiger partial charge in [-0.3, -0.25) is 9.10 Å². The van der Waals surface area contributed by atoms with E-state index >= 15 is 0 Å². The van der Waals surface area contributed by atoms with Gasteiger partial charge in [-0.2, -0.15) is 0 Å². The summed E-state index contributed by atoms with van der Waals surface area (Å²) in [4.78, 5) is 12.3. The Balaban J connectivity index is 1.96. The standard InChI is InChI=1S/C22H30N2O3S/c1-16-8-10-20(11-9-16)19(4)23-22(25)7-6-12-24(28(5,26)27)21-14-17(2)13-18(3)15-21/h8-11,13-15,19H,6-7,12H2,1-5H3,(H,23,25)/t19-/m1/s1. The van der Waals surface area contributed by atoms with Crippen molar-refractivity contribution in [2.75, 3.05) is 17.1 Å². The lowest BCUT2D eigenvalue weighted by atomic mass is 10.1. The van der Waals surface area contributed by atoms with Crippen LogP contribution in [-0.4, -0.2) is 27.1 Å². The van der Waals surface area contributed by atoms with Gasteiger partial charge in [0.05, 0.1) is 18.0 Å². The number of aryl methyl sites for hydroxylation is 3. The van der Waals surface area contributed by atoms with E-state index in [0.29, 0.717) is 12.1 Å². The van der Waals surface area contributed by atoms with E-state index in [4.69, 9.17) is 0 Å². The van der Waals surface area contributed by atoms with Crippen molar-refractivity contribution in [2.45, 2.75) is 46.6 Å². The first-order valence-electron chi connectivity index (χ1n) is 9.48. The Bertz CT molecular complexity index is 901. The van der Waals surface area contributed by atoms with Crippen molar-refractivity contribution in [1.29, 1.82) is 0 Å². The molecule has 1 N–H and O–H groups in total. The zero-order valence-electron chi connectivity index (χ0n) is 17.3. The minimum absolute atomic E-state index is 0.0815. The monoisotopic (exact) mass is 402 g/mol. The molecule has 152 valence electrons. The molecule has 2 aromatic carbocycles. The minimum Gasteiger partial charge on any atom is -0.350 e. The van der Waals surface area contributed by atoms with Gasteiger partial charge in [0, 0.05) is 13.0 Å². The highest BCUT2D eigenvalue weighted by Gasteiger charge is 2.18. The summed E-state index contributed by atoms with van der Waals surface area (Å²) in [6, 6.07) is 13.7. The van der Waals surface area contributed by atoms with E-state index in [1.807, 2.05) is 70.2 Å². The van der Waals surface area contributed by atoms with Crippen LogP contribution in [0.3, 0.4) is 0 Å². The Morgan fingerprint density at radius 1 is 1.00 bits per heavy atom. The molecule has 0 saturated heterocycles. The molecule has 2 rings (SSSR count). The van der Waals surface area contributed by atoms with Crippen LogP contribution in [0.1, 0.15) is 48.1 Å². The van der Waals surface area contributed by atoms with E-state index in [9.17, 15) is 13.2 Å². The van der Waals surface area contributed by atoms with E-state index < -0.39 is 10.0 Å². The number of nitrogens with one attached hydrogen (secondary N) is 1. The van der Waals surface area contributed by atoms with Gasteiger partial charge < -0.3 is 5.32 Å². The van der Waals surface area contributed by atoms with Gasteiger partial charge in [0.1, 0.15) is 0 Å². The third-order valence-electron chi connectivity index (χ3n) is 4.61. The number of rotatable bonds is 8. The van der Waals surface area contributed by atoms with Gasteiger partial charge in [-0.15, -0.1) is 0 Å². The molecule has 0 radical (unpaired) electrons. The number of carbonyl (C=O) groups is 1. The summed E-state index contributed by atoms with van der Waals surface area (Å²) in [5.41, 5.74) is 4.89. The van der Waals surface area contributed by atoms with Crippen LogP contribution < -0.4 is 9.62 Å². The summed E-state index contributed by atoms with van der Waals surface area (Å²) in [6.45, 7) is 8.12. The van der Waals surface area contributed by atoms with Crippen molar-refractivity contribution in [3.8, 4) is 0 Å². The maximum absolute atomic E-state index is 12.3. The number of anilines is 1. The topological polar surface area (TPSA) is 66.5 Å². The van der Waals surface area contributed by atoms with Crippen LogP contribution in [0.5, 0.6) is 0 Å². The molecule has 1 atom stereocenters. The van der Waals surface area contributed by atoms with Crippen molar-refractivity contribution in [3.05, 3.63) is 64.7 Å². The second-order valence-electron chi connectivity index (χ2n) is 7.48. The van der Waals surface area contributed by atoms with Crippen molar-refractivity contribution in [2.24, 2.45) is 0 Å². The predicted octanol–water partition coefficient (Wildman–Crippen LogP) is 4.04. The summed E-state index contributed by atoms with van der Waals surface area (Å²) in [6.07, 6.45) is 1.92. The third-order valence-corrected chi connectivity index (χ3v) is 5.81. The smallest absolute Gasteiger partial charge is 0.232 e. The maximum Gasteiger partial charge on any atom is 0.232 e. The molecule has 0 aliphatic carbocycles. The number of hydrogen-bond acceptors (Lipinski definition) is 3. The van der Waals surface area contributed by atoms with Crippen LogP contribution >= 0.6 is 0 Å². The Kier molecular flexibility index (Phi) is 7.24. The molecule has 6 heteroatoms. The van der Waals surface area contributed by atoms with Crippen molar-refractivity contribution < 1.29 is 13.2 Å². The van der Waals surface area contributed by atoms with Crippen LogP contribution in [0, 0.1) is 20.8 Å². The predicted molar refractivity (Wildman–Crippen MR) is 115 cm³/mol. The molecule has 0 aliphatic heterocycles. The van der Waals surface area contributed by atoms with Crippen LogP contribution in [-0.2, 0) is 14.8 Å². The zero-order valence-corrected chi connectivity index (χ0v) is 18.1. The Morgan fingerprint density at radius 3 is 2.11 bits per heavy atom. The largest absolute Gasteiger partial charge is 0.350 e. The normalized spacial score (nSPS) is 12.5. The van der Waals surface area contributed by atoms with Gasteiger partial charge in [-0.05, 0) is 62.9 Å². The molecule has 0 spiro atoms. The van der Waals surface area contributed by atoms with Gasteiger partial charge >= 0.3 is 0 Å². The third kappa shape index (κ3) is 6.37.